The Kier molecular flexibility index (Phi) is 5.29. The highest BCUT2D eigenvalue weighted by molar-refractivity contribution is 5.90. The van der Waals surface area contributed by atoms with Crippen LogP contribution in [0, 0.1) is 0 Å². The van der Waals surface area contributed by atoms with E-state index in [0.29, 0.717) is 12.4 Å². The van der Waals surface area contributed by atoms with E-state index in [1.807, 2.05) is 6.92 Å². The van der Waals surface area contributed by atoms with Gasteiger partial charge < -0.3 is 10.0 Å². The lowest BCUT2D eigenvalue weighted by atomic mass is 10.3. The molecule has 0 saturated carbocycles. The third-order valence-corrected chi connectivity index (χ3v) is 2.47. The summed E-state index contributed by atoms with van der Waals surface area (Å²) >= 11 is 0. The first-order valence-corrected chi connectivity index (χ1v) is 6.00. The molecule has 0 aliphatic rings. The summed E-state index contributed by atoms with van der Waals surface area (Å²) in [5.74, 6) is -0.485. The Bertz CT molecular complexity index is 416. The van der Waals surface area contributed by atoms with Crippen LogP contribution in [0.2, 0.25) is 0 Å². The number of aromatic amines is 1. The van der Waals surface area contributed by atoms with Crippen molar-refractivity contribution in [3.05, 3.63) is 11.6 Å². The molecule has 18 heavy (non-hydrogen) atoms. The molecule has 7 heteroatoms. The van der Waals surface area contributed by atoms with Crippen molar-refractivity contribution in [1.29, 1.82) is 0 Å². The van der Waals surface area contributed by atoms with Gasteiger partial charge in [0.1, 0.15) is 5.82 Å². The number of aromatic nitrogens is 3. The molecular weight excluding hydrogens is 236 g/mol. The molecule has 0 radical (unpaired) electrons. The van der Waals surface area contributed by atoms with Gasteiger partial charge in [-0.25, -0.2) is 4.98 Å². The van der Waals surface area contributed by atoms with Crippen molar-refractivity contribution in [3.63, 3.8) is 0 Å². The fourth-order valence-corrected chi connectivity index (χ4v) is 1.51. The highest BCUT2D eigenvalue weighted by Gasteiger charge is 2.19. The number of rotatable bonds is 7. The van der Waals surface area contributed by atoms with Gasteiger partial charge in [-0.3, -0.25) is 14.7 Å². The molecule has 0 unspecified atom stereocenters. The molecular formula is C11H18N4O3. The van der Waals surface area contributed by atoms with Crippen molar-refractivity contribution in [2.24, 2.45) is 0 Å². The number of carbonyl (C=O) groups excluding carboxylic acids is 1. The summed E-state index contributed by atoms with van der Waals surface area (Å²) in [5.41, 5.74) is 0. The molecule has 1 aromatic rings. The van der Waals surface area contributed by atoms with E-state index < -0.39 is 5.97 Å². The number of carbonyl (C=O) groups is 2. The van der Waals surface area contributed by atoms with Gasteiger partial charge in [0.05, 0.1) is 6.42 Å². The van der Waals surface area contributed by atoms with Crippen LogP contribution in [-0.2, 0) is 11.2 Å². The summed E-state index contributed by atoms with van der Waals surface area (Å²) in [4.78, 5) is 28.0. The second kappa shape index (κ2) is 6.73. The van der Waals surface area contributed by atoms with E-state index in [0.717, 1.165) is 12.8 Å². The number of hydrogen-bond acceptors (Lipinski definition) is 4. The fourth-order valence-electron chi connectivity index (χ4n) is 1.51. The minimum absolute atomic E-state index is 0.0776. The lowest BCUT2D eigenvalue weighted by Gasteiger charge is -2.17. The first-order chi connectivity index (χ1) is 8.58. The average molecular weight is 254 g/mol. The molecule has 1 aromatic heterocycles. The Hall–Kier alpha value is -1.92. The van der Waals surface area contributed by atoms with Crippen molar-refractivity contribution in [2.45, 2.75) is 33.1 Å². The minimum Gasteiger partial charge on any atom is -0.481 e. The van der Waals surface area contributed by atoms with Gasteiger partial charge in [0.25, 0.3) is 5.91 Å². The van der Waals surface area contributed by atoms with Crippen LogP contribution in [-0.4, -0.2) is 50.2 Å². The number of H-pyrrole nitrogens is 1. The lowest BCUT2D eigenvalue weighted by molar-refractivity contribution is -0.137. The van der Waals surface area contributed by atoms with Crippen LogP contribution < -0.4 is 0 Å². The highest BCUT2D eigenvalue weighted by Crippen LogP contribution is 2.02. The number of carboxylic acid groups (broad SMARTS) is 1. The molecule has 2 N–H and O–H groups in total. The van der Waals surface area contributed by atoms with E-state index in [4.69, 9.17) is 5.11 Å². The average Bonchev–Trinajstić information content (AvgIpc) is 2.78. The van der Waals surface area contributed by atoms with E-state index in [9.17, 15) is 9.59 Å². The fraction of sp³-hybridized carbons (Fsp3) is 0.636. The molecule has 1 rings (SSSR count). The molecule has 0 atom stereocenters. The lowest BCUT2D eigenvalue weighted by Crippen LogP contribution is -2.33. The molecule has 0 aliphatic heterocycles. The summed E-state index contributed by atoms with van der Waals surface area (Å²) in [6, 6.07) is 0. The first-order valence-electron chi connectivity index (χ1n) is 6.00. The Labute approximate surface area is 105 Å². The van der Waals surface area contributed by atoms with Gasteiger partial charge >= 0.3 is 5.97 Å². The molecule has 0 fully saturated rings. The maximum absolute atomic E-state index is 12.0. The Morgan fingerprint density at radius 1 is 1.39 bits per heavy atom. The van der Waals surface area contributed by atoms with Gasteiger partial charge in [-0.2, -0.15) is 0 Å². The van der Waals surface area contributed by atoms with Gasteiger partial charge in [-0.15, -0.1) is 5.10 Å². The topological polar surface area (TPSA) is 99.2 Å². The third kappa shape index (κ3) is 3.83. The second-order valence-electron chi connectivity index (χ2n) is 3.88. The van der Waals surface area contributed by atoms with Gasteiger partial charge in [0.2, 0.25) is 5.82 Å². The molecule has 0 aliphatic carbocycles. The molecule has 7 nitrogen and oxygen atoms in total. The molecule has 0 saturated heterocycles. The Morgan fingerprint density at radius 2 is 2.11 bits per heavy atom. The molecule has 0 spiro atoms. The van der Waals surface area contributed by atoms with Crippen molar-refractivity contribution < 1.29 is 14.7 Å². The van der Waals surface area contributed by atoms with Crippen LogP contribution in [0.4, 0.5) is 0 Å². The normalized spacial score (nSPS) is 10.3. The quantitative estimate of drug-likeness (QED) is 0.746. The first kappa shape index (κ1) is 14.1. The number of carboxylic acids is 1. The van der Waals surface area contributed by atoms with E-state index >= 15 is 0 Å². The maximum Gasteiger partial charge on any atom is 0.305 e. The smallest absolute Gasteiger partial charge is 0.305 e. The number of amides is 1. The highest BCUT2D eigenvalue weighted by atomic mass is 16.4. The number of aliphatic carboxylic acids is 1. The summed E-state index contributed by atoms with van der Waals surface area (Å²) < 4.78 is 0. The van der Waals surface area contributed by atoms with Crippen molar-refractivity contribution in [2.75, 3.05) is 13.1 Å². The van der Waals surface area contributed by atoms with E-state index in [1.54, 1.807) is 6.92 Å². The Morgan fingerprint density at radius 3 is 2.67 bits per heavy atom. The Balaban J connectivity index is 2.66. The van der Waals surface area contributed by atoms with E-state index in [2.05, 4.69) is 15.2 Å². The SMILES string of the molecule is CCCc1nc(C(=O)N(CC)CCC(=O)O)n[nH]1. The summed E-state index contributed by atoms with van der Waals surface area (Å²) in [6.45, 7) is 4.40. The van der Waals surface area contributed by atoms with Crippen molar-refractivity contribution in [1.82, 2.24) is 20.1 Å². The maximum atomic E-state index is 12.0. The number of nitrogens with one attached hydrogen (secondary N) is 1. The zero-order valence-electron chi connectivity index (χ0n) is 10.6. The van der Waals surface area contributed by atoms with Crippen molar-refractivity contribution in [3.8, 4) is 0 Å². The standard InChI is InChI=1S/C11H18N4O3/c1-3-5-8-12-10(14-13-8)11(18)15(4-2)7-6-9(16)17/h3-7H2,1-2H3,(H,16,17)(H,12,13,14). The largest absolute Gasteiger partial charge is 0.481 e. The molecule has 100 valence electrons. The number of nitrogens with zero attached hydrogens (tertiary/aromatic N) is 3. The predicted molar refractivity (Wildman–Crippen MR) is 64.2 cm³/mol. The molecule has 1 heterocycles. The van der Waals surface area contributed by atoms with Crippen LogP contribution in [0.25, 0.3) is 0 Å². The zero-order valence-corrected chi connectivity index (χ0v) is 10.6. The third-order valence-electron chi connectivity index (χ3n) is 2.47. The summed E-state index contributed by atoms with van der Waals surface area (Å²) in [7, 11) is 0. The second-order valence-corrected chi connectivity index (χ2v) is 3.88. The van der Waals surface area contributed by atoms with Crippen molar-refractivity contribution >= 4 is 11.9 Å². The minimum atomic E-state index is -0.928. The molecule has 0 bridgehead atoms. The number of aryl methyl sites for hydroxylation is 1. The zero-order chi connectivity index (χ0) is 13.5. The van der Waals surface area contributed by atoms with Crippen LogP contribution in [0.5, 0.6) is 0 Å². The van der Waals surface area contributed by atoms with E-state index in [-0.39, 0.29) is 24.7 Å². The number of hydrogen-bond donors (Lipinski definition) is 2. The monoisotopic (exact) mass is 254 g/mol. The summed E-state index contributed by atoms with van der Waals surface area (Å²) in [6.07, 6.45) is 1.58. The van der Waals surface area contributed by atoms with Gasteiger partial charge in [0.15, 0.2) is 0 Å². The van der Waals surface area contributed by atoms with Crippen LogP contribution in [0.15, 0.2) is 0 Å². The van der Waals surface area contributed by atoms with Gasteiger partial charge in [-0.05, 0) is 13.3 Å². The summed E-state index contributed by atoms with van der Waals surface area (Å²) in [5, 5.41) is 15.2. The van der Waals surface area contributed by atoms with Gasteiger partial charge in [-0.1, -0.05) is 6.92 Å². The van der Waals surface area contributed by atoms with Crippen LogP contribution >= 0.6 is 0 Å². The van der Waals surface area contributed by atoms with Crippen LogP contribution in [0.3, 0.4) is 0 Å². The molecule has 0 aromatic carbocycles. The van der Waals surface area contributed by atoms with Crippen LogP contribution in [0.1, 0.15) is 43.1 Å². The van der Waals surface area contributed by atoms with E-state index in [1.165, 1.54) is 4.90 Å². The predicted octanol–water partition coefficient (Wildman–Crippen LogP) is 0.694. The molecule has 1 amide bonds. The van der Waals surface area contributed by atoms with Gasteiger partial charge in [0, 0.05) is 19.5 Å².